The molecule has 0 saturated carbocycles. The van der Waals surface area contributed by atoms with Gasteiger partial charge in [0, 0.05) is 19.3 Å². The van der Waals surface area contributed by atoms with E-state index in [2.05, 4.69) is 15.5 Å². The highest BCUT2D eigenvalue weighted by molar-refractivity contribution is 5.59. The molecule has 0 atom stereocenters. The molecule has 0 radical (unpaired) electrons. The summed E-state index contributed by atoms with van der Waals surface area (Å²) in [6.07, 6.45) is 4.59. The zero-order chi connectivity index (χ0) is 15.4. The standard InChI is InChI=1S/C13H20N6O2/c1-4-6-18-13(12(19(20)21)11(3)16-18)14-5-7-17-9-10(2)8-15-17/h8-9,14H,4-7H2,1-3H3. The van der Waals surface area contributed by atoms with Crippen LogP contribution in [0.5, 0.6) is 0 Å². The van der Waals surface area contributed by atoms with Crippen LogP contribution < -0.4 is 5.32 Å². The molecule has 0 aromatic carbocycles. The van der Waals surface area contributed by atoms with Crippen molar-refractivity contribution < 1.29 is 4.92 Å². The molecule has 2 aromatic rings. The van der Waals surface area contributed by atoms with Crippen molar-refractivity contribution in [2.45, 2.75) is 40.3 Å². The van der Waals surface area contributed by atoms with Gasteiger partial charge in [-0.1, -0.05) is 6.92 Å². The first-order valence-corrected chi connectivity index (χ1v) is 6.97. The molecule has 1 N–H and O–H groups in total. The van der Waals surface area contributed by atoms with Gasteiger partial charge in [0.15, 0.2) is 0 Å². The maximum absolute atomic E-state index is 11.2. The summed E-state index contributed by atoms with van der Waals surface area (Å²) in [4.78, 5) is 10.8. The molecule has 0 aliphatic rings. The Bertz CT molecular complexity index is 631. The Balaban J connectivity index is 2.11. The summed E-state index contributed by atoms with van der Waals surface area (Å²) >= 11 is 0. The Kier molecular flexibility index (Phi) is 4.56. The first kappa shape index (κ1) is 15.0. The molecule has 2 rings (SSSR count). The maximum Gasteiger partial charge on any atom is 0.333 e. The van der Waals surface area contributed by atoms with Crippen LogP contribution in [-0.2, 0) is 13.1 Å². The van der Waals surface area contributed by atoms with Crippen molar-refractivity contribution in [1.29, 1.82) is 0 Å². The lowest BCUT2D eigenvalue weighted by Crippen LogP contribution is -2.15. The normalized spacial score (nSPS) is 10.8. The van der Waals surface area contributed by atoms with Gasteiger partial charge >= 0.3 is 5.69 Å². The van der Waals surface area contributed by atoms with E-state index in [9.17, 15) is 10.1 Å². The Morgan fingerprint density at radius 1 is 1.38 bits per heavy atom. The highest BCUT2D eigenvalue weighted by Gasteiger charge is 2.24. The SMILES string of the molecule is CCCn1nc(C)c([N+](=O)[O-])c1NCCn1cc(C)cn1. The van der Waals surface area contributed by atoms with Crippen molar-refractivity contribution in [3.63, 3.8) is 0 Å². The topological polar surface area (TPSA) is 90.8 Å². The van der Waals surface area contributed by atoms with Gasteiger partial charge in [-0.3, -0.25) is 14.8 Å². The van der Waals surface area contributed by atoms with Crippen LogP contribution in [-0.4, -0.2) is 31.0 Å². The fourth-order valence-electron chi connectivity index (χ4n) is 2.22. The predicted octanol–water partition coefficient (Wildman–Crippen LogP) is 2.13. The van der Waals surface area contributed by atoms with E-state index in [1.807, 2.05) is 24.7 Å². The quantitative estimate of drug-likeness (QED) is 0.623. The van der Waals surface area contributed by atoms with Crippen molar-refractivity contribution in [2.24, 2.45) is 0 Å². The minimum Gasteiger partial charge on any atom is -0.363 e. The first-order chi connectivity index (χ1) is 10.0. The van der Waals surface area contributed by atoms with Crippen LogP contribution in [0.4, 0.5) is 11.5 Å². The molecule has 0 bridgehead atoms. The molecule has 0 aliphatic heterocycles. The Morgan fingerprint density at radius 3 is 2.71 bits per heavy atom. The third-order valence-electron chi connectivity index (χ3n) is 3.11. The average molecular weight is 292 g/mol. The molecule has 0 fully saturated rings. The van der Waals surface area contributed by atoms with Gasteiger partial charge in [0.25, 0.3) is 0 Å². The zero-order valence-corrected chi connectivity index (χ0v) is 12.5. The third-order valence-corrected chi connectivity index (χ3v) is 3.11. The number of nitrogens with zero attached hydrogens (tertiary/aromatic N) is 5. The number of nitrogens with one attached hydrogen (secondary N) is 1. The number of aryl methyl sites for hydroxylation is 3. The van der Waals surface area contributed by atoms with Gasteiger partial charge in [-0.2, -0.15) is 10.2 Å². The second-order valence-electron chi connectivity index (χ2n) is 4.97. The number of aromatic nitrogens is 4. The molecule has 0 spiro atoms. The van der Waals surface area contributed by atoms with Crippen LogP contribution in [0.2, 0.25) is 0 Å². The maximum atomic E-state index is 11.2. The molecular weight excluding hydrogens is 272 g/mol. The minimum absolute atomic E-state index is 0.0556. The summed E-state index contributed by atoms with van der Waals surface area (Å²) < 4.78 is 3.48. The van der Waals surface area contributed by atoms with E-state index >= 15 is 0 Å². The van der Waals surface area contributed by atoms with Crippen molar-refractivity contribution in [3.05, 3.63) is 33.8 Å². The zero-order valence-electron chi connectivity index (χ0n) is 12.5. The van der Waals surface area contributed by atoms with Crippen LogP contribution >= 0.6 is 0 Å². The molecule has 2 heterocycles. The fraction of sp³-hybridized carbons (Fsp3) is 0.538. The number of hydrogen-bond donors (Lipinski definition) is 1. The van der Waals surface area contributed by atoms with E-state index in [1.165, 1.54) is 0 Å². The molecule has 0 unspecified atom stereocenters. The van der Waals surface area contributed by atoms with E-state index in [0.29, 0.717) is 31.1 Å². The van der Waals surface area contributed by atoms with Gasteiger partial charge in [0.1, 0.15) is 5.69 Å². The molecule has 0 amide bonds. The Labute approximate surface area is 122 Å². The summed E-state index contributed by atoms with van der Waals surface area (Å²) in [6, 6.07) is 0. The van der Waals surface area contributed by atoms with Gasteiger partial charge in [0.2, 0.25) is 5.82 Å². The summed E-state index contributed by atoms with van der Waals surface area (Å²) in [7, 11) is 0. The average Bonchev–Trinajstić information content (AvgIpc) is 2.94. The van der Waals surface area contributed by atoms with E-state index in [-0.39, 0.29) is 10.6 Å². The lowest BCUT2D eigenvalue weighted by molar-refractivity contribution is -0.384. The summed E-state index contributed by atoms with van der Waals surface area (Å²) in [5, 5.41) is 22.7. The Hall–Kier alpha value is -2.38. The minimum atomic E-state index is -0.380. The molecule has 0 aliphatic carbocycles. The molecule has 21 heavy (non-hydrogen) atoms. The van der Waals surface area contributed by atoms with Crippen LogP contribution in [0.1, 0.15) is 24.6 Å². The third kappa shape index (κ3) is 3.39. The number of rotatable bonds is 7. The second kappa shape index (κ2) is 6.38. The van der Waals surface area contributed by atoms with Gasteiger partial charge in [0.05, 0.1) is 17.7 Å². The highest BCUT2D eigenvalue weighted by Crippen LogP contribution is 2.28. The Morgan fingerprint density at radius 2 is 2.14 bits per heavy atom. The van der Waals surface area contributed by atoms with Crippen LogP contribution in [0.3, 0.4) is 0 Å². The number of anilines is 1. The fourth-order valence-corrected chi connectivity index (χ4v) is 2.22. The molecule has 2 aromatic heterocycles. The molecule has 8 nitrogen and oxygen atoms in total. The molecular formula is C13H20N6O2. The smallest absolute Gasteiger partial charge is 0.333 e. The largest absolute Gasteiger partial charge is 0.363 e. The summed E-state index contributed by atoms with van der Waals surface area (Å²) in [5.41, 5.74) is 1.58. The van der Waals surface area contributed by atoms with Crippen molar-refractivity contribution in [1.82, 2.24) is 19.6 Å². The van der Waals surface area contributed by atoms with Gasteiger partial charge < -0.3 is 5.32 Å². The molecule has 0 saturated heterocycles. The highest BCUT2D eigenvalue weighted by atomic mass is 16.6. The lowest BCUT2D eigenvalue weighted by atomic mass is 10.3. The number of nitro groups is 1. The van der Waals surface area contributed by atoms with Gasteiger partial charge in [-0.05, 0) is 25.8 Å². The van der Waals surface area contributed by atoms with E-state index < -0.39 is 0 Å². The second-order valence-corrected chi connectivity index (χ2v) is 4.97. The molecule has 114 valence electrons. The first-order valence-electron chi connectivity index (χ1n) is 6.97. The lowest BCUT2D eigenvalue weighted by Gasteiger charge is -2.08. The van der Waals surface area contributed by atoms with Crippen molar-refractivity contribution in [2.75, 3.05) is 11.9 Å². The van der Waals surface area contributed by atoms with Crippen LogP contribution in [0.15, 0.2) is 12.4 Å². The predicted molar refractivity (Wildman–Crippen MR) is 79.4 cm³/mol. The van der Waals surface area contributed by atoms with Crippen LogP contribution in [0.25, 0.3) is 0 Å². The van der Waals surface area contributed by atoms with Crippen molar-refractivity contribution >= 4 is 11.5 Å². The van der Waals surface area contributed by atoms with E-state index in [4.69, 9.17) is 0 Å². The monoisotopic (exact) mass is 292 g/mol. The van der Waals surface area contributed by atoms with Gasteiger partial charge in [-0.15, -0.1) is 0 Å². The van der Waals surface area contributed by atoms with Crippen LogP contribution in [0, 0.1) is 24.0 Å². The summed E-state index contributed by atoms with van der Waals surface area (Å²) in [5.74, 6) is 0.475. The van der Waals surface area contributed by atoms with E-state index in [1.54, 1.807) is 17.8 Å². The van der Waals surface area contributed by atoms with Crippen molar-refractivity contribution in [3.8, 4) is 0 Å². The molecule has 8 heteroatoms. The van der Waals surface area contributed by atoms with Gasteiger partial charge in [-0.25, -0.2) is 4.68 Å². The number of hydrogen-bond acceptors (Lipinski definition) is 5. The van der Waals surface area contributed by atoms with E-state index in [0.717, 1.165) is 12.0 Å². The summed E-state index contributed by atoms with van der Waals surface area (Å²) in [6.45, 7) is 7.49.